The molecule has 1 aromatic heterocycles. The quantitative estimate of drug-likeness (QED) is 0.652. The Labute approximate surface area is 114 Å². The molecule has 2 heterocycles. The number of nitrogens with two attached hydrogens (primary N) is 1. The highest BCUT2D eigenvalue weighted by molar-refractivity contribution is 7.71. The summed E-state index contributed by atoms with van der Waals surface area (Å²) in [5, 5.41) is 9.04. The van der Waals surface area contributed by atoms with Crippen molar-refractivity contribution in [1.29, 1.82) is 0 Å². The van der Waals surface area contributed by atoms with Crippen LogP contribution in [-0.2, 0) is 16.0 Å². The van der Waals surface area contributed by atoms with Gasteiger partial charge in [-0.1, -0.05) is 0 Å². The summed E-state index contributed by atoms with van der Waals surface area (Å²) in [7, 11) is 0. The van der Waals surface area contributed by atoms with Gasteiger partial charge in [-0.05, 0) is 25.1 Å². The van der Waals surface area contributed by atoms with Crippen LogP contribution >= 0.6 is 12.2 Å². The number of primary amides is 1. The minimum Gasteiger partial charge on any atom is -0.394 e. The van der Waals surface area contributed by atoms with E-state index in [1.54, 1.807) is 4.57 Å². The molecule has 0 aliphatic carbocycles. The number of nitrogens with zero attached hydrogens (tertiary/aromatic N) is 1. The van der Waals surface area contributed by atoms with Gasteiger partial charge >= 0.3 is 0 Å². The van der Waals surface area contributed by atoms with Crippen molar-refractivity contribution in [3.8, 4) is 0 Å². The summed E-state index contributed by atoms with van der Waals surface area (Å²) in [6, 6.07) is 0. The molecule has 1 amide bonds. The molecule has 2 rings (SSSR count). The monoisotopic (exact) mass is 285 g/mol. The summed E-state index contributed by atoms with van der Waals surface area (Å²) < 4.78 is 7.40. The van der Waals surface area contributed by atoms with Crippen LogP contribution in [-0.4, -0.2) is 33.3 Å². The van der Waals surface area contributed by atoms with Crippen LogP contribution in [0.25, 0.3) is 0 Å². The molecule has 1 aliphatic rings. The molecule has 2 unspecified atom stereocenters. The number of nitrogens with one attached hydrogen (secondary N) is 1. The molecular formula is C11H15N3O4S. The van der Waals surface area contributed by atoms with E-state index >= 15 is 0 Å². The summed E-state index contributed by atoms with van der Waals surface area (Å²) in [5.41, 5.74) is 4.91. The van der Waals surface area contributed by atoms with E-state index in [2.05, 4.69) is 4.98 Å². The van der Waals surface area contributed by atoms with Gasteiger partial charge in [0, 0.05) is 11.8 Å². The zero-order chi connectivity index (χ0) is 14.0. The fourth-order valence-corrected chi connectivity index (χ4v) is 2.34. The first-order valence-electron chi connectivity index (χ1n) is 5.90. The van der Waals surface area contributed by atoms with E-state index in [1.807, 2.05) is 0 Å². The van der Waals surface area contributed by atoms with Gasteiger partial charge in [-0.25, -0.2) is 0 Å². The van der Waals surface area contributed by atoms with Crippen molar-refractivity contribution in [3.63, 3.8) is 0 Å². The molecular weight excluding hydrogens is 270 g/mol. The Bertz CT molecular complexity index is 594. The number of aromatic nitrogens is 2. The number of carbonyl (C=O) groups is 1. The highest BCUT2D eigenvalue weighted by Crippen LogP contribution is 2.27. The zero-order valence-corrected chi connectivity index (χ0v) is 11.0. The number of H-pyrrole nitrogens is 1. The van der Waals surface area contributed by atoms with Crippen LogP contribution in [0.1, 0.15) is 24.6 Å². The van der Waals surface area contributed by atoms with E-state index in [1.165, 1.54) is 6.20 Å². The number of ether oxygens (including phenoxy) is 1. The fraction of sp³-hybridized carbons (Fsp3) is 0.545. The fourth-order valence-electron chi connectivity index (χ4n) is 2.08. The molecule has 0 saturated carbocycles. The SMILES string of the molecule is NC(=O)Cc1cn(C2CCC(CO)O2)c(=S)[nH]c1=O. The van der Waals surface area contributed by atoms with Crippen LogP contribution in [0.4, 0.5) is 0 Å². The van der Waals surface area contributed by atoms with Crippen LogP contribution in [0.3, 0.4) is 0 Å². The van der Waals surface area contributed by atoms with Crippen LogP contribution in [0.2, 0.25) is 0 Å². The smallest absolute Gasteiger partial charge is 0.255 e. The number of hydrogen-bond donors (Lipinski definition) is 3. The summed E-state index contributed by atoms with van der Waals surface area (Å²) in [6.45, 7) is -0.0542. The third-order valence-corrected chi connectivity index (χ3v) is 3.32. The zero-order valence-electron chi connectivity index (χ0n) is 10.2. The van der Waals surface area contributed by atoms with E-state index in [9.17, 15) is 9.59 Å². The molecule has 19 heavy (non-hydrogen) atoms. The van der Waals surface area contributed by atoms with Gasteiger partial charge in [-0.2, -0.15) is 0 Å². The molecule has 0 radical (unpaired) electrons. The molecule has 4 N–H and O–H groups in total. The molecule has 1 fully saturated rings. The highest BCUT2D eigenvalue weighted by Gasteiger charge is 2.26. The lowest BCUT2D eigenvalue weighted by Crippen LogP contribution is -2.25. The Balaban J connectivity index is 2.33. The summed E-state index contributed by atoms with van der Waals surface area (Å²) in [5.74, 6) is -0.588. The molecule has 104 valence electrons. The van der Waals surface area contributed by atoms with Gasteiger partial charge in [-0.3, -0.25) is 19.1 Å². The van der Waals surface area contributed by atoms with Crippen LogP contribution in [0.5, 0.6) is 0 Å². The predicted molar refractivity (Wildman–Crippen MR) is 69.0 cm³/mol. The van der Waals surface area contributed by atoms with Crippen molar-refractivity contribution in [1.82, 2.24) is 9.55 Å². The minimum atomic E-state index is -0.588. The lowest BCUT2D eigenvalue weighted by Gasteiger charge is -2.16. The minimum absolute atomic E-state index is 0.0542. The predicted octanol–water partition coefficient (Wildman–Crippen LogP) is -0.396. The normalized spacial score (nSPS) is 22.6. The second-order valence-corrected chi connectivity index (χ2v) is 4.82. The Hall–Kier alpha value is -1.51. The van der Waals surface area contributed by atoms with Crippen molar-refractivity contribution >= 4 is 18.1 Å². The van der Waals surface area contributed by atoms with E-state index < -0.39 is 11.5 Å². The number of amides is 1. The maximum absolute atomic E-state index is 11.6. The van der Waals surface area contributed by atoms with E-state index in [4.69, 9.17) is 27.8 Å². The number of carbonyl (C=O) groups excluding carboxylic acids is 1. The first kappa shape index (κ1) is 13.9. The lowest BCUT2D eigenvalue weighted by atomic mass is 10.2. The standard InChI is InChI=1S/C11H15N3O4S/c12-8(16)3-6-4-14(11(19)13-10(6)17)9-2-1-7(5-15)18-9/h4,7,9,15H,1-3,5H2,(H2,12,16)(H,13,17,19). The van der Waals surface area contributed by atoms with Gasteiger partial charge in [0.15, 0.2) is 4.77 Å². The van der Waals surface area contributed by atoms with Gasteiger partial charge in [-0.15, -0.1) is 0 Å². The number of aliphatic hydroxyl groups is 1. The maximum Gasteiger partial charge on any atom is 0.255 e. The van der Waals surface area contributed by atoms with E-state index in [-0.39, 0.29) is 35.7 Å². The van der Waals surface area contributed by atoms with E-state index in [0.717, 1.165) is 0 Å². The molecule has 1 saturated heterocycles. The topological polar surface area (TPSA) is 110 Å². The number of rotatable bonds is 4. The molecule has 1 aromatic rings. The van der Waals surface area contributed by atoms with Crippen molar-refractivity contribution in [2.75, 3.05) is 6.61 Å². The number of aromatic amines is 1. The van der Waals surface area contributed by atoms with Gasteiger partial charge in [0.1, 0.15) is 6.23 Å². The van der Waals surface area contributed by atoms with Crippen LogP contribution in [0.15, 0.2) is 11.0 Å². The lowest BCUT2D eigenvalue weighted by molar-refractivity contribution is -0.117. The molecule has 7 nitrogen and oxygen atoms in total. The van der Waals surface area contributed by atoms with Crippen molar-refractivity contribution in [2.24, 2.45) is 5.73 Å². The Kier molecular flexibility index (Phi) is 4.13. The number of hydrogen-bond acceptors (Lipinski definition) is 5. The van der Waals surface area contributed by atoms with Crippen molar-refractivity contribution in [3.05, 3.63) is 26.9 Å². The maximum atomic E-state index is 11.6. The molecule has 0 spiro atoms. The van der Waals surface area contributed by atoms with Gasteiger partial charge < -0.3 is 15.6 Å². The Morgan fingerprint density at radius 1 is 1.63 bits per heavy atom. The van der Waals surface area contributed by atoms with Crippen molar-refractivity contribution in [2.45, 2.75) is 31.6 Å². The second-order valence-electron chi connectivity index (χ2n) is 4.44. The summed E-state index contributed by atoms with van der Waals surface area (Å²) in [6.07, 6.45) is 2.18. The third-order valence-electron chi connectivity index (χ3n) is 3.01. The first-order valence-corrected chi connectivity index (χ1v) is 6.31. The van der Waals surface area contributed by atoms with Crippen LogP contribution in [0, 0.1) is 4.77 Å². The second kappa shape index (κ2) is 5.64. The molecule has 8 heteroatoms. The number of aliphatic hydroxyl groups excluding tert-OH is 1. The van der Waals surface area contributed by atoms with Gasteiger partial charge in [0.05, 0.1) is 19.1 Å². The average molecular weight is 285 g/mol. The largest absolute Gasteiger partial charge is 0.394 e. The first-order chi connectivity index (χ1) is 9.01. The molecule has 1 aliphatic heterocycles. The average Bonchev–Trinajstić information content (AvgIpc) is 2.80. The van der Waals surface area contributed by atoms with E-state index in [0.29, 0.717) is 12.8 Å². The third kappa shape index (κ3) is 3.09. The molecule has 2 atom stereocenters. The summed E-state index contributed by atoms with van der Waals surface area (Å²) in [4.78, 5) is 25.0. The molecule has 0 aromatic carbocycles. The molecule has 0 bridgehead atoms. The van der Waals surface area contributed by atoms with Crippen molar-refractivity contribution < 1.29 is 14.6 Å². The van der Waals surface area contributed by atoms with Crippen LogP contribution < -0.4 is 11.3 Å². The highest BCUT2D eigenvalue weighted by atomic mass is 32.1. The summed E-state index contributed by atoms with van der Waals surface area (Å²) >= 11 is 5.07. The Morgan fingerprint density at radius 2 is 2.37 bits per heavy atom. The Morgan fingerprint density at radius 3 is 2.95 bits per heavy atom. The van der Waals surface area contributed by atoms with Gasteiger partial charge in [0.25, 0.3) is 5.56 Å². The van der Waals surface area contributed by atoms with Gasteiger partial charge in [0.2, 0.25) is 5.91 Å².